The average molecular weight is 390 g/mol. The van der Waals surface area contributed by atoms with E-state index in [4.69, 9.17) is 4.74 Å². The van der Waals surface area contributed by atoms with Gasteiger partial charge in [0.25, 0.3) is 5.91 Å². The smallest absolute Gasteiger partial charge is 0.257 e. The van der Waals surface area contributed by atoms with Crippen LogP contribution in [0.1, 0.15) is 27.7 Å². The van der Waals surface area contributed by atoms with E-state index < -0.39 is 6.17 Å². The number of fused-ring (bicyclic) bond motifs is 1. The highest BCUT2D eigenvalue weighted by atomic mass is 16.5. The number of methoxy groups -OCH3 is 1. The number of rotatable bonds is 5. The van der Waals surface area contributed by atoms with Gasteiger partial charge in [0.15, 0.2) is 11.5 Å². The summed E-state index contributed by atoms with van der Waals surface area (Å²) in [6, 6.07) is 19.8. The Kier molecular flexibility index (Phi) is 4.99. The summed E-state index contributed by atoms with van der Waals surface area (Å²) in [5.74, 6) is 0.299. The normalized spacial score (nSPS) is 15.6. The third-order valence-electron chi connectivity index (χ3n) is 5.14. The lowest BCUT2D eigenvalue weighted by Crippen LogP contribution is -2.43. The monoisotopic (exact) mass is 390 g/mol. The van der Waals surface area contributed by atoms with Crippen molar-refractivity contribution >= 4 is 11.6 Å². The molecule has 6 heteroatoms. The third kappa shape index (κ3) is 3.69. The van der Waals surface area contributed by atoms with E-state index in [1.807, 2.05) is 42.5 Å². The van der Waals surface area contributed by atoms with Crippen molar-refractivity contribution in [2.75, 3.05) is 19.0 Å². The van der Waals surface area contributed by atoms with Gasteiger partial charge in [-0.1, -0.05) is 30.3 Å². The van der Waals surface area contributed by atoms with Crippen LogP contribution in [0.5, 0.6) is 17.2 Å². The van der Waals surface area contributed by atoms with Crippen LogP contribution in [-0.4, -0.2) is 34.7 Å². The van der Waals surface area contributed by atoms with Crippen molar-refractivity contribution in [2.45, 2.75) is 12.6 Å². The van der Waals surface area contributed by atoms with Gasteiger partial charge >= 0.3 is 0 Å². The van der Waals surface area contributed by atoms with Crippen molar-refractivity contribution in [1.29, 1.82) is 0 Å². The van der Waals surface area contributed by atoms with Gasteiger partial charge < -0.3 is 25.2 Å². The molecule has 0 spiro atoms. The van der Waals surface area contributed by atoms with Crippen LogP contribution in [0, 0.1) is 0 Å². The fourth-order valence-corrected chi connectivity index (χ4v) is 3.54. The Bertz CT molecular complexity index is 1030. The van der Waals surface area contributed by atoms with Crippen LogP contribution in [0.25, 0.3) is 0 Å². The first-order valence-corrected chi connectivity index (χ1v) is 9.38. The number of nitrogens with zero attached hydrogens (tertiary/aromatic N) is 1. The zero-order valence-corrected chi connectivity index (χ0v) is 16.0. The molecule has 0 bridgehead atoms. The summed E-state index contributed by atoms with van der Waals surface area (Å²) in [4.78, 5) is 15.0. The molecule has 0 aliphatic carbocycles. The number of carbonyl (C=O) groups excluding carboxylic acids is 1. The predicted octanol–water partition coefficient (Wildman–Crippen LogP) is 3.92. The Morgan fingerprint density at radius 1 is 1.00 bits per heavy atom. The van der Waals surface area contributed by atoms with E-state index in [0.717, 1.165) is 17.0 Å². The van der Waals surface area contributed by atoms with Gasteiger partial charge in [0, 0.05) is 12.2 Å². The van der Waals surface area contributed by atoms with Gasteiger partial charge in [-0.2, -0.15) is 0 Å². The average Bonchev–Trinajstić information content (AvgIpc) is 2.75. The van der Waals surface area contributed by atoms with Gasteiger partial charge in [-0.15, -0.1) is 0 Å². The lowest BCUT2D eigenvalue weighted by Gasteiger charge is -2.38. The van der Waals surface area contributed by atoms with Crippen LogP contribution in [0.4, 0.5) is 5.69 Å². The fraction of sp³-hybridized carbons (Fsp3) is 0.174. The Balaban J connectivity index is 1.64. The number of phenolic OH excluding ortho intramolecular Hbond substituents is 2. The number of benzene rings is 3. The molecule has 3 aromatic rings. The summed E-state index contributed by atoms with van der Waals surface area (Å²) in [6.07, 6.45) is 0.210. The van der Waals surface area contributed by atoms with E-state index in [9.17, 15) is 15.0 Å². The number of ether oxygens (including phenoxy) is 1. The fourth-order valence-electron chi connectivity index (χ4n) is 3.54. The van der Waals surface area contributed by atoms with E-state index in [2.05, 4.69) is 5.32 Å². The van der Waals surface area contributed by atoms with Crippen LogP contribution in [0.3, 0.4) is 0 Å². The number of aromatic hydroxyl groups is 2. The number of hydrogen-bond acceptors (Lipinski definition) is 5. The van der Waals surface area contributed by atoms with E-state index in [1.54, 1.807) is 24.1 Å². The maximum atomic E-state index is 13.2. The Labute approximate surface area is 169 Å². The summed E-state index contributed by atoms with van der Waals surface area (Å²) in [5, 5.41) is 23.0. The molecule has 29 heavy (non-hydrogen) atoms. The van der Waals surface area contributed by atoms with Crippen LogP contribution in [-0.2, 0) is 6.42 Å². The molecule has 3 aromatic carbocycles. The van der Waals surface area contributed by atoms with Crippen LogP contribution < -0.4 is 10.1 Å². The van der Waals surface area contributed by atoms with Gasteiger partial charge in [0.2, 0.25) is 0 Å². The zero-order chi connectivity index (χ0) is 20.4. The van der Waals surface area contributed by atoms with E-state index in [-0.39, 0.29) is 17.4 Å². The summed E-state index contributed by atoms with van der Waals surface area (Å²) in [6.45, 7) is 0.485. The Hall–Kier alpha value is -3.67. The Morgan fingerprint density at radius 2 is 1.76 bits per heavy atom. The molecule has 0 aromatic heterocycles. The van der Waals surface area contributed by atoms with Crippen molar-refractivity contribution < 1.29 is 19.7 Å². The molecule has 0 saturated heterocycles. The molecule has 6 nitrogen and oxygen atoms in total. The van der Waals surface area contributed by atoms with Gasteiger partial charge in [-0.3, -0.25) is 4.79 Å². The molecule has 1 heterocycles. The molecular weight excluding hydrogens is 368 g/mol. The topological polar surface area (TPSA) is 82.0 Å². The number of amides is 1. The first-order valence-electron chi connectivity index (χ1n) is 9.38. The van der Waals surface area contributed by atoms with Crippen LogP contribution >= 0.6 is 0 Å². The first-order chi connectivity index (χ1) is 14.1. The molecule has 1 aliphatic rings. The summed E-state index contributed by atoms with van der Waals surface area (Å²) in [7, 11) is 1.63. The molecule has 0 unspecified atom stereocenters. The number of para-hydroxylation sites is 1. The predicted molar refractivity (Wildman–Crippen MR) is 110 cm³/mol. The zero-order valence-electron chi connectivity index (χ0n) is 16.0. The summed E-state index contributed by atoms with van der Waals surface area (Å²) >= 11 is 0. The van der Waals surface area contributed by atoms with Crippen LogP contribution in [0.2, 0.25) is 0 Å². The summed E-state index contributed by atoms with van der Waals surface area (Å²) in [5.41, 5.74) is 3.14. The molecule has 0 radical (unpaired) electrons. The highest BCUT2D eigenvalue weighted by molar-refractivity contribution is 6.01. The Morgan fingerprint density at radius 3 is 2.48 bits per heavy atom. The van der Waals surface area contributed by atoms with E-state index >= 15 is 0 Å². The molecule has 4 rings (SSSR count). The highest BCUT2D eigenvalue weighted by Crippen LogP contribution is 2.36. The lowest BCUT2D eigenvalue weighted by molar-refractivity contribution is 0.0685. The largest absolute Gasteiger partial charge is 0.504 e. The highest BCUT2D eigenvalue weighted by Gasteiger charge is 2.32. The number of carbonyl (C=O) groups is 1. The van der Waals surface area contributed by atoms with Gasteiger partial charge in [-0.05, 0) is 53.9 Å². The number of phenols is 2. The second-order valence-electron chi connectivity index (χ2n) is 6.94. The minimum Gasteiger partial charge on any atom is -0.504 e. The molecular formula is C23H22N2O4. The number of anilines is 1. The molecule has 0 fully saturated rings. The van der Waals surface area contributed by atoms with E-state index in [1.165, 1.54) is 12.1 Å². The summed E-state index contributed by atoms with van der Waals surface area (Å²) < 4.78 is 5.20. The second-order valence-corrected chi connectivity index (χ2v) is 6.94. The molecule has 1 atom stereocenters. The van der Waals surface area contributed by atoms with Crippen LogP contribution in [0.15, 0.2) is 66.7 Å². The maximum Gasteiger partial charge on any atom is 0.257 e. The SMILES string of the molecule is COc1ccc(CCN2C(=O)c3ccccc3N[C@@H]2c2ccc(O)c(O)c2)cc1. The molecule has 1 aliphatic heterocycles. The van der Waals surface area contributed by atoms with Gasteiger partial charge in [0.05, 0.1) is 12.7 Å². The standard InChI is InChI=1S/C23H22N2O4/c1-29-17-9-6-15(7-10-17)12-13-25-22(16-8-11-20(26)21(27)14-16)24-19-5-3-2-4-18(19)23(25)28/h2-11,14,22,24,26-27H,12-13H2,1H3/t22-/m0/s1. The first kappa shape index (κ1) is 18.7. The van der Waals surface area contributed by atoms with Crippen molar-refractivity contribution in [3.8, 4) is 17.2 Å². The van der Waals surface area contributed by atoms with Crippen molar-refractivity contribution in [1.82, 2.24) is 4.90 Å². The molecule has 0 saturated carbocycles. The third-order valence-corrected chi connectivity index (χ3v) is 5.14. The van der Waals surface area contributed by atoms with Crippen molar-refractivity contribution in [3.05, 3.63) is 83.4 Å². The second kappa shape index (κ2) is 7.75. The lowest BCUT2D eigenvalue weighted by atomic mass is 10.0. The maximum absolute atomic E-state index is 13.2. The molecule has 148 valence electrons. The van der Waals surface area contributed by atoms with Gasteiger partial charge in [0.1, 0.15) is 11.9 Å². The number of nitrogens with one attached hydrogen (secondary N) is 1. The van der Waals surface area contributed by atoms with Crippen molar-refractivity contribution in [3.63, 3.8) is 0 Å². The minimum atomic E-state index is -0.456. The van der Waals surface area contributed by atoms with Gasteiger partial charge in [-0.25, -0.2) is 0 Å². The minimum absolute atomic E-state index is 0.0783. The quantitative estimate of drug-likeness (QED) is 0.576. The van der Waals surface area contributed by atoms with E-state index in [0.29, 0.717) is 24.1 Å². The molecule has 3 N–H and O–H groups in total. The molecule has 1 amide bonds. The van der Waals surface area contributed by atoms with Crippen molar-refractivity contribution in [2.24, 2.45) is 0 Å². The number of hydrogen-bond donors (Lipinski definition) is 3.